The van der Waals surface area contributed by atoms with Gasteiger partial charge in [-0.3, -0.25) is 0 Å². The highest BCUT2D eigenvalue weighted by molar-refractivity contribution is 5.90. The van der Waals surface area contributed by atoms with E-state index >= 15 is 0 Å². The fraction of sp³-hybridized carbons (Fsp3) is 0.412. The van der Waals surface area contributed by atoms with E-state index in [4.69, 9.17) is 4.74 Å². The average molecular weight is 317 g/mol. The number of carbonyl (C=O) groups is 1. The maximum absolute atomic E-state index is 14.2. The van der Waals surface area contributed by atoms with E-state index in [2.05, 4.69) is 9.97 Å². The van der Waals surface area contributed by atoms with Crippen molar-refractivity contribution in [1.29, 1.82) is 0 Å². The molecule has 23 heavy (non-hydrogen) atoms. The molecule has 6 heteroatoms. The second kappa shape index (κ2) is 5.68. The number of carbonyl (C=O) groups excluding carboxylic acids is 1. The van der Waals surface area contributed by atoms with Gasteiger partial charge in [0.25, 0.3) is 0 Å². The van der Waals surface area contributed by atoms with Crippen LogP contribution in [-0.2, 0) is 4.74 Å². The van der Waals surface area contributed by atoms with Crippen molar-refractivity contribution in [1.82, 2.24) is 14.9 Å². The van der Waals surface area contributed by atoms with Gasteiger partial charge in [-0.2, -0.15) is 0 Å². The third-order valence-electron chi connectivity index (χ3n) is 3.72. The van der Waals surface area contributed by atoms with E-state index < -0.39 is 5.60 Å². The van der Waals surface area contributed by atoms with Gasteiger partial charge < -0.3 is 14.6 Å². The third kappa shape index (κ3) is 3.21. The highest BCUT2D eigenvalue weighted by atomic mass is 19.1. The zero-order chi connectivity index (χ0) is 16.6. The molecule has 2 aromatic rings. The van der Waals surface area contributed by atoms with Crippen LogP contribution >= 0.6 is 0 Å². The first kappa shape index (κ1) is 15.5. The molecular weight excluding hydrogens is 297 g/mol. The molecule has 0 atom stereocenters. The highest BCUT2D eigenvalue weighted by Gasteiger charge is 2.25. The number of H-pyrrole nitrogens is 1. The summed E-state index contributed by atoms with van der Waals surface area (Å²) >= 11 is 0. The molecule has 1 amide bonds. The molecule has 0 bridgehead atoms. The predicted molar refractivity (Wildman–Crippen MR) is 86.5 cm³/mol. The molecule has 0 aromatic carbocycles. The van der Waals surface area contributed by atoms with Crippen LogP contribution in [0.5, 0.6) is 0 Å². The van der Waals surface area contributed by atoms with Crippen LogP contribution in [-0.4, -0.2) is 39.7 Å². The summed E-state index contributed by atoms with van der Waals surface area (Å²) in [4.78, 5) is 20.7. The smallest absolute Gasteiger partial charge is 0.410 e. The van der Waals surface area contributed by atoms with Crippen molar-refractivity contribution in [2.24, 2.45) is 0 Å². The van der Waals surface area contributed by atoms with Crippen molar-refractivity contribution in [3.05, 3.63) is 35.9 Å². The fourth-order valence-electron chi connectivity index (χ4n) is 2.70. The monoisotopic (exact) mass is 317 g/mol. The molecule has 0 saturated carbocycles. The van der Waals surface area contributed by atoms with Gasteiger partial charge in [0, 0.05) is 30.2 Å². The van der Waals surface area contributed by atoms with Crippen LogP contribution in [0.4, 0.5) is 9.18 Å². The molecule has 0 unspecified atom stereocenters. The standard InChI is InChI=1S/C17H20FN3O2/c1-17(2,3)23-16(22)21-8-5-11(6-9-21)14-12-4-7-19-15(12)20-10-13(14)18/h4-5,7,10H,6,8-9H2,1-3H3,(H,19,20). The molecule has 0 aliphatic carbocycles. The van der Waals surface area contributed by atoms with Crippen LogP contribution in [0, 0.1) is 5.82 Å². The minimum Gasteiger partial charge on any atom is -0.444 e. The van der Waals surface area contributed by atoms with Gasteiger partial charge in [-0.25, -0.2) is 14.2 Å². The molecule has 0 spiro atoms. The Labute approximate surface area is 134 Å². The van der Waals surface area contributed by atoms with Crippen molar-refractivity contribution >= 4 is 22.7 Å². The van der Waals surface area contributed by atoms with Crippen LogP contribution in [0.3, 0.4) is 0 Å². The Morgan fingerprint density at radius 1 is 1.43 bits per heavy atom. The van der Waals surface area contributed by atoms with E-state index in [9.17, 15) is 9.18 Å². The van der Waals surface area contributed by atoms with Gasteiger partial charge in [0.15, 0.2) is 0 Å². The topological polar surface area (TPSA) is 58.2 Å². The molecule has 1 N–H and O–H groups in total. The number of halogens is 1. The Balaban J connectivity index is 1.82. The normalized spacial score (nSPS) is 15.7. The van der Waals surface area contributed by atoms with Gasteiger partial charge in [0.2, 0.25) is 0 Å². The molecule has 5 nitrogen and oxygen atoms in total. The first-order chi connectivity index (χ1) is 10.8. The summed E-state index contributed by atoms with van der Waals surface area (Å²) in [5, 5.41) is 0.766. The Hall–Kier alpha value is -2.37. The van der Waals surface area contributed by atoms with Gasteiger partial charge in [0.1, 0.15) is 17.1 Å². The van der Waals surface area contributed by atoms with Crippen LogP contribution in [0.1, 0.15) is 32.8 Å². The molecule has 3 heterocycles. The zero-order valence-corrected chi connectivity index (χ0v) is 13.5. The number of fused-ring (bicyclic) bond motifs is 1. The second-order valence-electron chi connectivity index (χ2n) is 6.63. The Morgan fingerprint density at radius 3 is 2.87 bits per heavy atom. The molecular formula is C17H20FN3O2. The van der Waals surface area contributed by atoms with Gasteiger partial charge in [-0.1, -0.05) is 6.08 Å². The second-order valence-corrected chi connectivity index (χ2v) is 6.63. The van der Waals surface area contributed by atoms with Crippen LogP contribution in [0.15, 0.2) is 24.5 Å². The number of pyridine rings is 1. The van der Waals surface area contributed by atoms with E-state index in [-0.39, 0.29) is 11.9 Å². The summed E-state index contributed by atoms with van der Waals surface area (Å²) in [6, 6.07) is 1.82. The van der Waals surface area contributed by atoms with Crippen molar-refractivity contribution in [2.45, 2.75) is 32.8 Å². The van der Waals surface area contributed by atoms with Crippen LogP contribution in [0.2, 0.25) is 0 Å². The average Bonchev–Trinajstić information content (AvgIpc) is 2.94. The largest absolute Gasteiger partial charge is 0.444 e. The molecule has 0 radical (unpaired) electrons. The summed E-state index contributed by atoms with van der Waals surface area (Å²) in [7, 11) is 0. The number of aromatic nitrogens is 2. The number of nitrogens with zero attached hydrogens (tertiary/aromatic N) is 2. The number of aromatic amines is 1. The first-order valence-electron chi connectivity index (χ1n) is 7.64. The molecule has 0 saturated heterocycles. The van der Waals surface area contributed by atoms with Crippen molar-refractivity contribution in [3.8, 4) is 0 Å². The highest BCUT2D eigenvalue weighted by Crippen LogP contribution is 2.30. The van der Waals surface area contributed by atoms with Crippen molar-refractivity contribution < 1.29 is 13.9 Å². The predicted octanol–water partition coefficient (Wildman–Crippen LogP) is 3.73. The quantitative estimate of drug-likeness (QED) is 0.872. The summed E-state index contributed by atoms with van der Waals surface area (Å²) in [6.45, 7) is 6.44. The van der Waals surface area contributed by atoms with Crippen molar-refractivity contribution in [3.63, 3.8) is 0 Å². The summed E-state index contributed by atoms with van der Waals surface area (Å²) < 4.78 is 19.6. The maximum Gasteiger partial charge on any atom is 0.410 e. The van der Waals surface area contributed by atoms with Gasteiger partial charge >= 0.3 is 6.09 Å². The number of amides is 1. The first-order valence-corrected chi connectivity index (χ1v) is 7.64. The number of hydrogen-bond acceptors (Lipinski definition) is 3. The molecule has 122 valence electrons. The Morgan fingerprint density at radius 2 is 2.22 bits per heavy atom. The van der Waals surface area contributed by atoms with E-state index in [0.29, 0.717) is 30.7 Å². The lowest BCUT2D eigenvalue weighted by molar-refractivity contribution is 0.0270. The van der Waals surface area contributed by atoms with Crippen LogP contribution in [0.25, 0.3) is 16.6 Å². The van der Waals surface area contributed by atoms with E-state index in [0.717, 1.165) is 11.0 Å². The minimum atomic E-state index is -0.518. The SMILES string of the molecule is CC(C)(C)OC(=O)N1CC=C(c2c(F)cnc3[nH]ccc23)CC1. The molecule has 3 rings (SSSR count). The summed E-state index contributed by atoms with van der Waals surface area (Å²) in [6.07, 6.45) is 5.11. The molecule has 1 aliphatic rings. The van der Waals surface area contributed by atoms with Gasteiger partial charge in [0.05, 0.1) is 6.20 Å². The van der Waals surface area contributed by atoms with Crippen LogP contribution < -0.4 is 0 Å². The number of rotatable bonds is 1. The zero-order valence-electron chi connectivity index (χ0n) is 13.5. The molecule has 0 fully saturated rings. The Kier molecular flexibility index (Phi) is 3.83. The van der Waals surface area contributed by atoms with Crippen molar-refractivity contribution in [2.75, 3.05) is 13.1 Å². The van der Waals surface area contributed by atoms with E-state index in [1.54, 1.807) is 11.1 Å². The third-order valence-corrected chi connectivity index (χ3v) is 3.72. The summed E-state index contributed by atoms with van der Waals surface area (Å²) in [5.74, 6) is -0.339. The number of ether oxygens (including phenoxy) is 1. The van der Waals surface area contributed by atoms with Gasteiger partial charge in [-0.15, -0.1) is 0 Å². The molecule has 1 aliphatic heterocycles. The fourth-order valence-corrected chi connectivity index (χ4v) is 2.70. The number of nitrogens with one attached hydrogen (secondary N) is 1. The minimum absolute atomic E-state index is 0.338. The lowest BCUT2D eigenvalue weighted by Crippen LogP contribution is -2.39. The Bertz CT molecular complexity index is 774. The summed E-state index contributed by atoms with van der Waals surface area (Å²) in [5.41, 5.74) is 1.61. The van der Waals surface area contributed by atoms with Gasteiger partial charge in [-0.05, 0) is 38.8 Å². The number of hydrogen-bond donors (Lipinski definition) is 1. The lowest BCUT2D eigenvalue weighted by Gasteiger charge is -2.29. The maximum atomic E-state index is 14.2. The lowest BCUT2D eigenvalue weighted by atomic mass is 9.97. The van der Waals surface area contributed by atoms with E-state index in [1.807, 2.05) is 32.9 Å². The molecule has 2 aromatic heterocycles. The van der Waals surface area contributed by atoms with E-state index in [1.165, 1.54) is 6.20 Å².